The van der Waals surface area contributed by atoms with Crippen molar-refractivity contribution in [2.75, 3.05) is 20.7 Å². The molecule has 3 fully saturated rings. The normalized spacial score (nSPS) is 38.4. The van der Waals surface area contributed by atoms with Crippen LogP contribution < -0.4 is 0 Å². The second kappa shape index (κ2) is 17.8. The number of hydrogen-bond donors (Lipinski definition) is 1. The van der Waals surface area contributed by atoms with Gasteiger partial charge < -0.3 is 33.7 Å². The summed E-state index contributed by atoms with van der Waals surface area (Å²) >= 11 is 0. The van der Waals surface area contributed by atoms with Crippen LogP contribution in [0.15, 0.2) is 42.6 Å². The second-order valence-corrected chi connectivity index (χ2v) is 16.9. The van der Waals surface area contributed by atoms with E-state index in [0.29, 0.717) is 6.42 Å². The van der Waals surface area contributed by atoms with Crippen LogP contribution in [-0.4, -0.2) is 107 Å². The number of Topliss-reactive ketones (excluding diaryl/α,β-unsaturated/α-hetero) is 2. The molecule has 0 radical (unpaired) electrons. The van der Waals surface area contributed by atoms with Crippen LogP contribution in [0.3, 0.4) is 0 Å². The predicted molar refractivity (Wildman–Crippen MR) is 211 cm³/mol. The number of pyridine rings is 1. The number of ether oxygens (including phenoxy) is 5. The van der Waals surface area contributed by atoms with Crippen molar-refractivity contribution in [1.82, 2.24) is 9.88 Å². The fourth-order valence-electron chi connectivity index (χ4n) is 9.40. The molecule has 4 heterocycles. The highest BCUT2D eigenvalue weighted by molar-refractivity contribution is 6.00. The van der Waals surface area contributed by atoms with Crippen molar-refractivity contribution in [3.63, 3.8) is 0 Å². The van der Waals surface area contributed by atoms with Gasteiger partial charge in [-0.2, -0.15) is 5.26 Å². The number of nitriles is 1. The van der Waals surface area contributed by atoms with Crippen molar-refractivity contribution in [3.05, 3.63) is 48.2 Å². The molecule has 310 valence electrons. The van der Waals surface area contributed by atoms with E-state index in [1.54, 1.807) is 47.7 Å². The number of benzene rings is 1. The van der Waals surface area contributed by atoms with Gasteiger partial charge in [0.1, 0.15) is 23.9 Å². The first-order valence-corrected chi connectivity index (χ1v) is 20.1. The minimum atomic E-state index is -1.52. The van der Waals surface area contributed by atoms with Gasteiger partial charge in [-0.1, -0.05) is 58.0 Å². The summed E-state index contributed by atoms with van der Waals surface area (Å²) in [5.74, 6) is -8.62. The number of hydrogen-bond acceptors (Lipinski definition) is 13. The van der Waals surface area contributed by atoms with Gasteiger partial charge in [-0.25, -0.2) is 0 Å². The van der Waals surface area contributed by atoms with Crippen LogP contribution in [0.2, 0.25) is 0 Å². The zero-order chi connectivity index (χ0) is 42.0. The number of rotatable bonds is 8. The van der Waals surface area contributed by atoms with E-state index >= 15 is 0 Å². The molecular formula is C44H59N3O10. The number of aliphatic hydroxyl groups is 1. The Labute approximate surface area is 336 Å². The largest absolute Gasteiger partial charge is 0.458 e. The number of aromatic nitrogens is 1. The van der Waals surface area contributed by atoms with E-state index in [9.17, 15) is 29.5 Å². The van der Waals surface area contributed by atoms with Gasteiger partial charge in [-0.15, -0.1) is 0 Å². The molecule has 3 aliphatic heterocycles. The van der Waals surface area contributed by atoms with Crippen LogP contribution in [-0.2, 0) is 42.9 Å². The van der Waals surface area contributed by atoms with Gasteiger partial charge in [0.15, 0.2) is 23.6 Å². The number of aliphatic hydroxyl groups excluding tert-OH is 1. The fraction of sp³-hybridized carbons (Fsp3) is 0.636. The molecule has 0 amide bonds. The molecule has 0 bridgehead atoms. The fourth-order valence-corrected chi connectivity index (χ4v) is 9.40. The molecule has 1 aromatic carbocycles. The highest BCUT2D eigenvalue weighted by Crippen LogP contribution is 2.48. The predicted octanol–water partition coefficient (Wildman–Crippen LogP) is 5.31. The van der Waals surface area contributed by atoms with Gasteiger partial charge in [0.25, 0.3) is 0 Å². The Morgan fingerprint density at radius 1 is 1.02 bits per heavy atom. The third-order valence-corrected chi connectivity index (χ3v) is 12.5. The molecule has 2 unspecified atom stereocenters. The quantitative estimate of drug-likeness (QED) is 0.269. The van der Waals surface area contributed by atoms with Crippen LogP contribution in [0, 0.1) is 46.8 Å². The van der Waals surface area contributed by atoms with E-state index in [4.69, 9.17) is 23.7 Å². The zero-order valence-electron chi connectivity index (χ0n) is 34.8. The number of fused-ring (bicyclic) bond motifs is 2. The maximum absolute atomic E-state index is 14.6. The summed E-state index contributed by atoms with van der Waals surface area (Å²) < 4.78 is 31.6. The molecule has 0 saturated carbocycles. The first kappa shape index (κ1) is 44.1. The minimum Gasteiger partial charge on any atom is -0.458 e. The molecule has 13 heteroatoms. The van der Waals surface area contributed by atoms with Crippen molar-refractivity contribution >= 4 is 40.5 Å². The summed E-state index contributed by atoms with van der Waals surface area (Å²) in [6, 6.07) is 11.4. The molecule has 1 aromatic heterocycles. The number of ketones is 2. The van der Waals surface area contributed by atoms with Crippen molar-refractivity contribution in [2.24, 2.45) is 35.5 Å². The molecule has 13 nitrogen and oxygen atoms in total. The summed E-state index contributed by atoms with van der Waals surface area (Å²) in [6.07, 6.45) is 1.46. The first-order chi connectivity index (χ1) is 26.9. The van der Waals surface area contributed by atoms with Gasteiger partial charge >= 0.3 is 11.9 Å². The van der Waals surface area contributed by atoms with Crippen molar-refractivity contribution in [2.45, 2.75) is 123 Å². The summed E-state index contributed by atoms with van der Waals surface area (Å²) in [5.41, 5.74) is -1.18. The molecule has 0 aliphatic carbocycles. The summed E-state index contributed by atoms with van der Waals surface area (Å²) in [4.78, 5) is 62.6. The Kier molecular flexibility index (Phi) is 13.8. The number of carbonyl (C=O) groups is 4. The van der Waals surface area contributed by atoms with E-state index in [0.717, 1.165) is 16.5 Å². The maximum Gasteiger partial charge on any atom is 0.324 e. The summed E-state index contributed by atoms with van der Waals surface area (Å²) in [6.45, 7) is 13.5. The molecule has 2 aromatic rings. The summed E-state index contributed by atoms with van der Waals surface area (Å²) in [7, 11) is 3.72. The third-order valence-electron chi connectivity index (χ3n) is 12.5. The smallest absolute Gasteiger partial charge is 0.324 e. The van der Waals surface area contributed by atoms with E-state index in [1.165, 1.54) is 6.92 Å². The maximum atomic E-state index is 14.6. The van der Waals surface area contributed by atoms with Crippen LogP contribution in [0.5, 0.6) is 0 Å². The Morgan fingerprint density at radius 3 is 2.40 bits per heavy atom. The lowest BCUT2D eigenvalue weighted by Crippen LogP contribution is -2.59. The zero-order valence-corrected chi connectivity index (χ0v) is 34.8. The van der Waals surface area contributed by atoms with Crippen molar-refractivity contribution < 1.29 is 48.0 Å². The minimum absolute atomic E-state index is 0.0322. The molecule has 14 atom stereocenters. The lowest BCUT2D eigenvalue weighted by molar-refractivity contribution is -0.296. The Hall–Kier alpha value is -4.06. The highest BCUT2D eigenvalue weighted by Gasteiger charge is 2.62. The van der Waals surface area contributed by atoms with Crippen LogP contribution >= 0.6 is 0 Å². The third kappa shape index (κ3) is 8.86. The number of esters is 2. The van der Waals surface area contributed by atoms with Crippen molar-refractivity contribution in [1.29, 1.82) is 5.26 Å². The van der Waals surface area contributed by atoms with Gasteiger partial charge in [0.05, 0.1) is 36.0 Å². The monoisotopic (exact) mass is 789 g/mol. The Balaban J connectivity index is 1.60. The van der Waals surface area contributed by atoms with Crippen LogP contribution in [0.1, 0.15) is 80.2 Å². The van der Waals surface area contributed by atoms with E-state index < -0.39 is 89.0 Å². The Morgan fingerprint density at radius 2 is 1.74 bits per heavy atom. The second-order valence-electron chi connectivity index (χ2n) is 16.9. The van der Waals surface area contributed by atoms with E-state index in [2.05, 4.69) is 4.98 Å². The number of carbonyl (C=O) groups excluding carboxylic acids is 4. The molecule has 57 heavy (non-hydrogen) atoms. The summed E-state index contributed by atoms with van der Waals surface area (Å²) in [5, 5.41) is 22.7. The molecule has 3 saturated heterocycles. The molecule has 5 rings (SSSR count). The number of likely N-dealkylation sites (N-methyl/N-ethyl adjacent to an activating group) is 1. The van der Waals surface area contributed by atoms with Gasteiger partial charge in [-0.3, -0.25) is 24.2 Å². The average molecular weight is 790 g/mol. The van der Waals surface area contributed by atoms with Gasteiger partial charge in [0.2, 0.25) is 0 Å². The number of cyclic esters (lactones) is 1. The van der Waals surface area contributed by atoms with Gasteiger partial charge in [-0.05, 0) is 78.7 Å². The lowest BCUT2D eigenvalue weighted by atomic mass is 9.67. The van der Waals surface area contributed by atoms with E-state index in [-0.39, 0.29) is 37.4 Å². The molecule has 0 spiro atoms. The topological polar surface area (TPSA) is 175 Å². The highest BCUT2D eigenvalue weighted by atomic mass is 16.7. The van der Waals surface area contributed by atoms with Crippen LogP contribution in [0.25, 0.3) is 17.0 Å². The number of nitrogens with zero attached hydrogens (tertiary/aromatic N) is 3. The lowest BCUT2D eigenvalue weighted by Gasteiger charge is -2.47. The SMILES string of the molecule is CC[C@H]1OC(=O)[C@H](C)C(=O)[C@H](C)[C@@H](O[C@@H]2O[C@H](C)CC(N(C)C)[C@H]2O)[C@](C)(OC/C=C/c2cccc3ncccc23)C[C@@H](C)C(=O)[C@H](C)[C@H]2C(C#N)C(=O)O[C@@]21C. The van der Waals surface area contributed by atoms with E-state index in [1.807, 2.05) is 74.5 Å². The Bertz CT molecular complexity index is 1870. The average Bonchev–Trinajstić information content (AvgIpc) is 3.45. The molecule has 1 N–H and O–H groups in total. The first-order valence-electron chi connectivity index (χ1n) is 20.1. The van der Waals surface area contributed by atoms with Crippen molar-refractivity contribution in [3.8, 4) is 6.07 Å². The standard InChI is InChI=1S/C44H59N3O10/c1-11-34-44(8)35(31(23-45)41(52)57-44)26(4)36(48)24(2)22-43(7,53-20-14-16-29-15-12-18-32-30(29)17-13-19-46-32)39(27(5)37(49)28(6)40(51)55-34)56-42-38(50)33(47(9)10)21-25(3)54-42/h12-19,24-28,31,33-35,38-39,42,50H,11,20-22H2,1-10H3/b16-14+/t24-,25-,26-,27+,28-,31?,33?,34-,35+,38-,39-,42+,43-,44-/m1/s1. The van der Waals surface area contributed by atoms with Crippen LogP contribution in [0.4, 0.5) is 0 Å². The molecule has 3 aliphatic rings. The van der Waals surface area contributed by atoms with Gasteiger partial charge in [0, 0.05) is 41.3 Å². The molecular weight excluding hydrogens is 730 g/mol.